The largest absolute Gasteiger partial charge is 0.399 e. The monoisotopic (exact) mass is 438 g/mol. The molecule has 0 aromatic heterocycles. The summed E-state index contributed by atoms with van der Waals surface area (Å²) in [5.41, 5.74) is 7.37. The number of sulfonamides is 1. The fourth-order valence-electron chi connectivity index (χ4n) is 2.75. The van der Waals surface area contributed by atoms with E-state index in [-0.39, 0.29) is 18.0 Å². The van der Waals surface area contributed by atoms with Gasteiger partial charge in [-0.1, -0.05) is 41.4 Å². The molecule has 0 radical (unpaired) electrons. The zero-order valence-corrected chi connectivity index (χ0v) is 17.0. The van der Waals surface area contributed by atoms with Crippen LogP contribution in [0, 0.1) is 5.82 Å². The lowest BCUT2D eigenvalue weighted by Gasteiger charge is -2.23. The molecule has 2 N–H and O–H groups in total. The van der Waals surface area contributed by atoms with Crippen LogP contribution in [0.4, 0.5) is 10.1 Å². The third-order valence-electron chi connectivity index (χ3n) is 4.05. The number of benzene rings is 3. The normalized spacial score (nSPS) is 11.7. The highest BCUT2D eigenvalue weighted by Crippen LogP contribution is 2.25. The van der Waals surface area contributed by atoms with Crippen LogP contribution in [0.25, 0.3) is 0 Å². The Bertz CT molecular complexity index is 1070. The van der Waals surface area contributed by atoms with Gasteiger partial charge in [-0.2, -0.15) is 4.31 Å². The molecule has 0 amide bonds. The number of nitrogens with two attached hydrogens (primary N) is 1. The summed E-state index contributed by atoms with van der Waals surface area (Å²) in [6.07, 6.45) is 0. The second-order valence-corrected chi connectivity index (χ2v) is 9.06. The standard InChI is InChI=1S/C20H17Cl2FN2O2S/c21-16-8-15(9-17(22)10-16)13-25(12-14-4-6-18(23)7-5-14)28(26,27)20-3-1-2-19(24)11-20/h1-11H,12-13,24H2. The first-order valence-corrected chi connectivity index (χ1v) is 10.5. The van der Waals surface area contributed by atoms with E-state index in [0.717, 1.165) is 0 Å². The summed E-state index contributed by atoms with van der Waals surface area (Å²) in [4.78, 5) is 0.0720. The van der Waals surface area contributed by atoms with Gasteiger partial charge in [0.1, 0.15) is 5.82 Å². The molecule has 0 aliphatic heterocycles. The molecule has 0 saturated carbocycles. The van der Waals surface area contributed by atoms with E-state index in [1.54, 1.807) is 42.5 Å². The SMILES string of the molecule is Nc1cccc(S(=O)(=O)N(Cc2ccc(F)cc2)Cc2cc(Cl)cc(Cl)c2)c1. The van der Waals surface area contributed by atoms with Crippen LogP contribution in [0.2, 0.25) is 10.0 Å². The van der Waals surface area contributed by atoms with Crippen molar-refractivity contribution in [2.75, 3.05) is 5.73 Å². The molecular formula is C20H17Cl2FN2O2S. The van der Waals surface area contributed by atoms with E-state index in [4.69, 9.17) is 28.9 Å². The fraction of sp³-hybridized carbons (Fsp3) is 0.100. The smallest absolute Gasteiger partial charge is 0.243 e. The molecule has 3 aromatic carbocycles. The van der Waals surface area contributed by atoms with Crippen LogP contribution in [-0.2, 0) is 23.1 Å². The average molecular weight is 439 g/mol. The van der Waals surface area contributed by atoms with Crippen molar-refractivity contribution in [3.63, 3.8) is 0 Å². The number of halogens is 3. The molecule has 0 aliphatic rings. The van der Waals surface area contributed by atoms with Crippen LogP contribution in [0.3, 0.4) is 0 Å². The molecule has 0 unspecified atom stereocenters. The molecule has 0 bridgehead atoms. The van der Waals surface area contributed by atoms with Gasteiger partial charge in [-0.25, -0.2) is 12.8 Å². The highest BCUT2D eigenvalue weighted by molar-refractivity contribution is 7.89. The summed E-state index contributed by atoms with van der Waals surface area (Å²) in [6, 6.07) is 16.6. The van der Waals surface area contributed by atoms with Crippen molar-refractivity contribution in [3.05, 3.63) is 93.7 Å². The van der Waals surface area contributed by atoms with Crippen LogP contribution in [-0.4, -0.2) is 12.7 Å². The number of nitrogen functional groups attached to an aromatic ring is 1. The van der Waals surface area contributed by atoms with Gasteiger partial charge < -0.3 is 5.73 Å². The third kappa shape index (κ3) is 5.02. The Kier molecular flexibility index (Phi) is 6.25. The lowest BCUT2D eigenvalue weighted by Crippen LogP contribution is -2.30. The van der Waals surface area contributed by atoms with E-state index in [9.17, 15) is 12.8 Å². The highest BCUT2D eigenvalue weighted by atomic mass is 35.5. The Morgan fingerprint density at radius 2 is 1.46 bits per heavy atom. The van der Waals surface area contributed by atoms with Crippen molar-refractivity contribution >= 4 is 38.9 Å². The van der Waals surface area contributed by atoms with Crippen molar-refractivity contribution in [1.29, 1.82) is 0 Å². The quantitative estimate of drug-likeness (QED) is 0.544. The lowest BCUT2D eigenvalue weighted by atomic mass is 10.2. The number of hydrogen-bond acceptors (Lipinski definition) is 3. The molecule has 28 heavy (non-hydrogen) atoms. The average Bonchev–Trinajstić information content (AvgIpc) is 2.62. The Hall–Kier alpha value is -2.12. The molecule has 4 nitrogen and oxygen atoms in total. The van der Waals surface area contributed by atoms with Crippen molar-refractivity contribution in [3.8, 4) is 0 Å². The minimum absolute atomic E-state index is 0.0365. The van der Waals surface area contributed by atoms with Gasteiger partial charge >= 0.3 is 0 Å². The molecule has 0 heterocycles. The van der Waals surface area contributed by atoms with E-state index in [2.05, 4.69) is 0 Å². The lowest BCUT2D eigenvalue weighted by molar-refractivity contribution is 0.401. The molecule has 0 fully saturated rings. The molecule has 3 rings (SSSR count). The van der Waals surface area contributed by atoms with Gasteiger partial charge in [-0.15, -0.1) is 0 Å². The van der Waals surface area contributed by atoms with Gasteiger partial charge in [0, 0.05) is 28.8 Å². The zero-order valence-electron chi connectivity index (χ0n) is 14.6. The molecule has 0 atom stereocenters. The van der Waals surface area contributed by atoms with E-state index >= 15 is 0 Å². The van der Waals surface area contributed by atoms with Crippen LogP contribution in [0.1, 0.15) is 11.1 Å². The molecule has 0 spiro atoms. The van der Waals surface area contributed by atoms with Crippen LogP contribution >= 0.6 is 23.2 Å². The first-order chi connectivity index (χ1) is 13.2. The van der Waals surface area contributed by atoms with Crippen LogP contribution in [0.15, 0.2) is 71.6 Å². The summed E-state index contributed by atoms with van der Waals surface area (Å²) < 4.78 is 41.0. The second kappa shape index (κ2) is 8.49. The second-order valence-electron chi connectivity index (χ2n) is 6.25. The minimum atomic E-state index is -3.88. The summed E-state index contributed by atoms with van der Waals surface area (Å²) in [5.74, 6) is -0.393. The predicted octanol–water partition coefficient (Wildman–Crippen LogP) is 5.11. The Balaban J connectivity index is 2.01. The summed E-state index contributed by atoms with van der Waals surface area (Å²) in [6.45, 7) is 0.0797. The van der Waals surface area contributed by atoms with Crippen molar-refractivity contribution < 1.29 is 12.8 Å². The van der Waals surface area contributed by atoms with E-state index in [1.165, 1.54) is 28.6 Å². The fourth-order valence-corrected chi connectivity index (χ4v) is 4.79. The van der Waals surface area contributed by atoms with Crippen molar-refractivity contribution in [2.45, 2.75) is 18.0 Å². The molecule has 8 heteroatoms. The summed E-state index contributed by atoms with van der Waals surface area (Å²) in [7, 11) is -3.88. The maximum atomic E-state index is 13.3. The van der Waals surface area contributed by atoms with Gasteiger partial charge in [-0.3, -0.25) is 0 Å². The number of rotatable bonds is 6. The number of anilines is 1. The van der Waals surface area contributed by atoms with E-state index in [1.807, 2.05) is 0 Å². The zero-order chi connectivity index (χ0) is 20.3. The van der Waals surface area contributed by atoms with Gasteiger partial charge in [0.05, 0.1) is 4.90 Å². The Morgan fingerprint density at radius 3 is 2.07 bits per heavy atom. The minimum Gasteiger partial charge on any atom is -0.399 e. The van der Waals surface area contributed by atoms with Gasteiger partial charge in [0.25, 0.3) is 0 Å². The van der Waals surface area contributed by atoms with Gasteiger partial charge in [0.15, 0.2) is 0 Å². The first-order valence-electron chi connectivity index (χ1n) is 8.29. The summed E-state index contributed by atoms with van der Waals surface area (Å²) >= 11 is 12.1. The molecule has 0 aliphatic carbocycles. The predicted molar refractivity (Wildman–Crippen MR) is 110 cm³/mol. The third-order valence-corrected chi connectivity index (χ3v) is 6.27. The van der Waals surface area contributed by atoms with Gasteiger partial charge in [0.2, 0.25) is 10.0 Å². The Morgan fingerprint density at radius 1 is 0.857 bits per heavy atom. The van der Waals surface area contributed by atoms with Crippen molar-refractivity contribution in [2.24, 2.45) is 0 Å². The van der Waals surface area contributed by atoms with E-state index < -0.39 is 15.8 Å². The molecule has 146 valence electrons. The molecule has 0 saturated heterocycles. The maximum absolute atomic E-state index is 13.3. The number of nitrogens with zero attached hydrogens (tertiary/aromatic N) is 1. The topological polar surface area (TPSA) is 63.4 Å². The van der Waals surface area contributed by atoms with E-state index in [0.29, 0.717) is 26.9 Å². The van der Waals surface area contributed by atoms with Crippen LogP contribution in [0.5, 0.6) is 0 Å². The highest BCUT2D eigenvalue weighted by Gasteiger charge is 2.25. The molecule has 3 aromatic rings. The van der Waals surface area contributed by atoms with Crippen LogP contribution < -0.4 is 5.73 Å². The maximum Gasteiger partial charge on any atom is 0.243 e. The summed E-state index contributed by atoms with van der Waals surface area (Å²) in [5, 5.41) is 0.816. The molecular weight excluding hydrogens is 422 g/mol. The van der Waals surface area contributed by atoms with Crippen molar-refractivity contribution in [1.82, 2.24) is 4.31 Å². The number of hydrogen-bond donors (Lipinski definition) is 1. The van der Waals surface area contributed by atoms with Gasteiger partial charge in [-0.05, 0) is 59.7 Å². The Labute approximate surface area is 173 Å². The first kappa shape index (κ1) is 20.6.